The standard InChI is InChI=1S/C30H39Cl2NO7Si/c1-7-37-28(34)24-18-33(29(35)36)21(19-40-41(5,6)30(2,3)4)17-23(24)20-11-13-22(14-12-20)38-15-16-39-27-25(31)9-8-10-26(27)32/h8-14,21H,7,15-19H2,1-6H3,(H,35,36). The van der Waals surface area contributed by atoms with Crippen molar-refractivity contribution in [3.8, 4) is 11.5 Å². The summed E-state index contributed by atoms with van der Waals surface area (Å²) in [7, 11) is -2.13. The fraction of sp³-hybridized carbons (Fsp3) is 0.467. The van der Waals surface area contributed by atoms with E-state index < -0.39 is 26.4 Å². The molecule has 0 aliphatic carbocycles. The highest BCUT2D eigenvalue weighted by molar-refractivity contribution is 6.74. The Morgan fingerprint density at radius 1 is 1.02 bits per heavy atom. The van der Waals surface area contributed by atoms with Gasteiger partial charge in [-0.05, 0) is 66.9 Å². The topological polar surface area (TPSA) is 94.5 Å². The Balaban J connectivity index is 1.77. The van der Waals surface area contributed by atoms with Gasteiger partial charge in [0.1, 0.15) is 19.0 Å². The molecule has 224 valence electrons. The maximum atomic E-state index is 12.9. The molecule has 1 aliphatic rings. The second-order valence-electron chi connectivity index (χ2n) is 11.3. The first-order chi connectivity index (χ1) is 19.2. The van der Waals surface area contributed by atoms with Gasteiger partial charge in [-0.2, -0.15) is 0 Å². The number of hydrogen-bond acceptors (Lipinski definition) is 6. The minimum Gasteiger partial charge on any atom is -0.490 e. The van der Waals surface area contributed by atoms with Crippen molar-refractivity contribution in [3.05, 3.63) is 63.6 Å². The third-order valence-corrected chi connectivity index (χ3v) is 12.6. The largest absolute Gasteiger partial charge is 0.490 e. The molecule has 0 radical (unpaired) electrons. The fourth-order valence-electron chi connectivity index (χ4n) is 4.13. The zero-order valence-corrected chi connectivity index (χ0v) is 27.0. The number of carboxylic acid groups (broad SMARTS) is 1. The Morgan fingerprint density at radius 2 is 1.63 bits per heavy atom. The van der Waals surface area contributed by atoms with Crippen molar-refractivity contribution in [1.82, 2.24) is 4.90 Å². The predicted molar refractivity (Wildman–Crippen MR) is 164 cm³/mol. The molecule has 0 bridgehead atoms. The van der Waals surface area contributed by atoms with Crippen molar-refractivity contribution in [1.29, 1.82) is 0 Å². The summed E-state index contributed by atoms with van der Waals surface area (Å²) in [6.07, 6.45) is -0.777. The van der Waals surface area contributed by atoms with Crippen LogP contribution in [0.1, 0.15) is 39.7 Å². The number of carbonyl (C=O) groups is 2. The lowest BCUT2D eigenvalue weighted by molar-refractivity contribution is -0.138. The van der Waals surface area contributed by atoms with Crippen LogP contribution in [0.25, 0.3) is 5.57 Å². The molecule has 0 saturated heterocycles. The van der Waals surface area contributed by atoms with Crippen LogP contribution in [0.2, 0.25) is 28.2 Å². The molecule has 1 amide bonds. The second kappa shape index (κ2) is 14.0. The van der Waals surface area contributed by atoms with Crippen LogP contribution in [0, 0.1) is 0 Å². The molecule has 2 aromatic carbocycles. The van der Waals surface area contributed by atoms with Gasteiger partial charge in [-0.1, -0.05) is 62.2 Å². The number of esters is 1. The van der Waals surface area contributed by atoms with E-state index in [1.807, 2.05) is 12.1 Å². The van der Waals surface area contributed by atoms with Crippen molar-refractivity contribution in [3.63, 3.8) is 0 Å². The molecule has 2 aromatic rings. The normalized spacial score (nSPS) is 16.0. The third-order valence-electron chi connectivity index (χ3n) is 7.50. The van der Waals surface area contributed by atoms with Crippen LogP contribution in [0.15, 0.2) is 48.0 Å². The predicted octanol–water partition coefficient (Wildman–Crippen LogP) is 7.54. The highest BCUT2D eigenvalue weighted by Gasteiger charge is 2.40. The van der Waals surface area contributed by atoms with E-state index >= 15 is 0 Å². The van der Waals surface area contributed by atoms with Crippen LogP contribution in [-0.4, -0.2) is 69.4 Å². The lowest BCUT2D eigenvalue weighted by atomic mass is 9.89. The van der Waals surface area contributed by atoms with E-state index in [1.54, 1.807) is 37.3 Å². The molecule has 0 fully saturated rings. The number of amides is 1. The average molecular weight is 625 g/mol. The van der Waals surface area contributed by atoms with Gasteiger partial charge in [0.05, 0.1) is 41.4 Å². The number of para-hydroxylation sites is 1. The molecule has 0 saturated carbocycles. The smallest absolute Gasteiger partial charge is 0.407 e. The van der Waals surface area contributed by atoms with Gasteiger partial charge < -0.3 is 23.7 Å². The second-order valence-corrected chi connectivity index (χ2v) is 16.9. The van der Waals surface area contributed by atoms with Crippen molar-refractivity contribution in [2.24, 2.45) is 0 Å². The van der Waals surface area contributed by atoms with Crippen molar-refractivity contribution >= 4 is 49.2 Å². The summed E-state index contributed by atoms with van der Waals surface area (Å²) in [4.78, 5) is 26.4. The summed E-state index contributed by atoms with van der Waals surface area (Å²) in [5.74, 6) is 0.503. The van der Waals surface area contributed by atoms with Crippen LogP contribution < -0.4 is 9.47 Å². The molecule has 0 spiro atoms. The van der Waals surface area contributed by atoms with Gasteiger partial charge in [0.25, 0.3) is 0 Å². The van der Waals surface area contributed by atoms with Crippen molar-refractivity contribution in [2.75, 3.05) is 33.0 Å². The lowest BCUT2D eigenvalue weighted by Crippen LogP contribution is -2.50. The van der Waals surface area contributed by atoms with E-state index in [9.17, 15) is 14.7 Å². The number of carbonyl (C=O) groups excluding carboxylic acids is 1. The van der Waals surface area contributed by atoms with Crippen molar-refractivity contribution in [2.45, 2.75) is 58.3 Å². The third kappa shape index (κ3) is 8.41. The average Bonchev–Trinajstić information content (AvgIpc) is 2.90. The van der Waals surface area contributed by atoms with Gasteiger partial charge in [0.2, 0.25) is 0 Å². The number of hydrogen-bond donors (Lipinski definition) is 1. The number of rotatable bonds is 11. The van der Waals surface area contributed by atoms with Gasteiger partial charge in [-0.3, -0.25) is 4.90 Å². The summed E-state index contributed by atoms with van der Waals surface area (Å²) in [6, 6.07) is 12.0. The molecule has 1 unspecified atom stereocenters. The Morgan fingerprint density at radius 3 is 2.20 bits per heavy atom. The minimum atomic E-state index is -2.13. The molecule has 1 N–H and O–H groups in total. The molecule has 3 rings (SSSR count). The number of halogens is 2. The highest BCUT2D eigenvalue weighted by atomic mass is 35.5. The van der Waals surface area contributed by atoms with Gasteiger partial charge in [0, 0.05) is 0 Å². The van der Waals surface area contributed by atoms with E-state index in [0.29, 0.717) is 33.5 Å². The lowest BCUT2D eigenvalue weighted by Gasteiger charge is -2.41. The van der Waals surface area contributed by atoms with E-state index in [0.717, 1.165) is 11.1 Å². The van der Waals surface area contributed by atoms with E-state index in [1.165, 1.54) is 4.90 Å². The first kappa shape index (κ1) is 32.8. The van der Waals surface area contributed by atoms with Gasteiger partial charge in [-0.25, -0.2) is 9.59 Å². The van der Waals surface area contributed by atoms with Crippen LogP contribution in [-0.2, 0) is 14.0 Å². The van der Waals surface area contributed by atoms with Gasteiger partial charge in [-0.15, -0.1) is 0 Å². The molecular weight excluding hydrogens is 585 g/mol. The summed E-state index contributed by atoms with van der Waals surface area (Å²) in [5.41, 5.74) is 1.87. The maximum absolute atomic E-state index is 12.9. The Bertz CT molecular complexity index is 1240. The van der Waals surface area contributed by atoms with Crippen LogP contribution >= 0.6 is 23.2 Å². The fourth-order valence-corrected chi connectivity index (χ4v) is 5.68. The molecule has 41 heavy (non-hydrogen) atoms. The molecular formula is C30H39Cl2NO7Si. The van der Waals surface area contributed by atoms with Gasteiger partial charge >= 0.3 is 12.1 Å². The maximum Gasteiger partial charge on any atom is 0.407 e. The first-order valence-corrected chi connectivity index (χ1v) is 17.2. The summed E-state index contributed by atoms with van der Waals surface area (Å²) < 4.78 is 23.2. The minimum absolute atomic E-state index is 0.0228. The number of ether oxygens (including phenoxy) is 3. The van der Waals surface area contributed by atoms with Gasteiger partial charge in [0.15, 0.2) is 14.1 Å². The van der Waals surface area contributed by atoms with E-state index in [2.05, 4.69) is 33.9 Å². The Hall–Kier alpha value is -2.72. The SMILES string of the molecule is CCOC(=O)C1=C(c2ccc(OCCOc3c(Cl)cccc3Cl)cc2)CC(CO[Si](C)(C)C(C)(C)C)N(C(=O)O)C1. The summed E-state index contributed by atoms with van der Waals surface area (Å²) >= 11 is 12.3. The van der Waals surface area contributed by atoms with Crippen LogP contribution in [0.4, 0.5) is 4.79 Å². The molecule has 0 aromatic heterocycles. The number of benzene rings is 2. The molecule has 1 atom stereocenters. The Labute approximate surface area is 253 Å². The van der Waals surface area contributed by atoms with Crippen molar-refractivity contribution < 1.29 is 33.3 Å². The number of nitrogens with zero attached hydrogens (tertiary/aromatic N) is 1. The first-order valence-electron chi connectivity index (χ1n) is 13.6. The molecule has 1 heterocycles. The van der Waals surface area contributed by atoms with Crippen LogP contribution in [0.5, 0.6) is 11.5 Å². The zero-order valence-electron chi connectivity index (χ0n) is 24.5. The monoisotopic (exact) mass is 623 g/mol. The zero-order chi connectivity index (χ0) is 30.4. The van der Waals surface area contributed by atoms with E-state index in [4.69, 9.17) is 41.8 Å². The Kier molecular flexibility index (Phi) is 11.2. The highest BCUT2D eigenvalue weighted by Crippen LogP contribution is 2.38. The van der Waals surface area contributed by atoms with Crippen LogP contribution in [0.3, 0.4) is 0 Å². The summed E-state index contributed by atoms with van der Waals surface area (Å²) in [6.45, 7) is 13.3. The molecule has 8 nitrogen and oxygen atoms in total. The van der Waals surface area contributed by atoms with E-state index in [-0.39, 0.29) is 38.0 Å². The summed E-state index contributed by atoms with van der Waals surface area (Å²) in [5, 5.41) is 10.8. The molecule has 1 aliphatic heterocycles. The quantitative estimate of drug-likeness (QED) is 0.157. The molecule has 11 heteroatoms.